The third kappa shape index (κ3) is 4.74. The van der Waals surface area contributed by atoms with E-state index in [0.29, 0.717) is 16.0 Å². The van der Waals surface area contributed by atoms with Crippen LogP contribution in [-0.2, 0) is 4.79 Å². The van der Waals surface area contributed by atoms with Gasteiger partial charge >= 0.3 is 0 Å². The van der Waals surface area contributed by atoms with E-state index < -0.39 is 10.8 Å². The van der Waals surface area contributed by atoms with E-state index in [1.54, 1.807) is 26.0 Å². The molecule has 2 aromatic rings. The van der Waals surface area contributed by atoms with Crippen molar-refractivity contribution in [3.05, 3.63) is 29.3 Å². The number of benzene rings is 1. The van der Waals surface area contributed by atoms with Crippen LogP contribution in [0.1, 0.15) is 27.7 Å². The lowest BCUT2D eigenvalue weighted by atomic mass is 9.90. The number of rotatable bonds is 6. The van der Waals surface area contributed by atoms with Crippen molar-refractivity contribution in [1.82, 2.24) is 20.5 Å². The highest BCUT2D eigenvalue weighted by Gasteiger charge is 2.32. The topological polar surface area (TPSA) is 94.5 Å². The van der Waals surface area contributed by atoms with Gasteiger partial charge < -0.3 is 5.32 Å². The van der Waals surface area contributed by atoms with Gasteiger partial charge in [0.1, 0.15) is 5.54 Å². The van der Waals surface area contributed by atoms with Gasteiger partial charge in [-0.1, -0.05) is 37.2 Å². The highest BCUT2D eigenvalue weighted by atomic mass is 35.5. The van der Waals surface area contributed by atoms with Crippen LogP contribution in [-0.4, -0.2) is 31.9 Å². The number of carbonyl (C=O) groups excluding carboxylic acids is 1. The largest absolute Gasteiger partial charge is 0.337 e. The number of carbonyl (C=O) groups is 1. The van der Waals surface area contributed by atoms with Gasteiger partial charge in [0.05, 0.1) is 11.3 Å². The number of hydrogen-bond donors (Lipinski definition) is 2. The number of thioether (sulfide) groups is 1. The number of hydrogen-bond acceptors (Lipinski definition) is 5. The van der Waals surface area contributed by atoms with Gasteiger partial charge in [0.2, 0.25) is 11.1 Å². The van der Waals surface area contributed by atoms with Crippen LogP contribution in [0, 0.1) is 17.2 Å². The summed E-state index contributed by atoms with van der Waals surface area (Å²) in [5.41, 5.74) is -0.0444. The maximum absolute atomic E-state index is 12.4. The van der Waals surface area contributed by atoms with Gasteiger partial charge in [0.25, 0.3) is 0 Å². The van der Waals surface area contributed by atoms with Crippen LogP contribution in [0.15, 0.2) is 29.4 Å². The molecule has 132 valence electrons. The molecule has 2 N–H and O–H groups in total. The van der Waals surface area contributed by atoms with Crippen LogP contribution in [0.3, 0.4) is 0 Å². The number of amides is 1. The molecule has 1 aromatic heterocycles. The number of nitrogens with one attached hydrogen (secondary N) is 2. The minimum absolute atomic E-state index is 0.00124. The summed E-state index contributed by atoms with van der Waals surface area (Å²) in [6, 6.07) is 9.40. The van der Waals surface area contributed by atoms with Crippen molar-refractivity contribution in [2.24, 2.45) is 5.92 Å². The van der Waals surface area contributed by atoms with Crippen molar-refractivity contribution in [3.63, 3.8) is 0 Å². The molecule has 1 amide bonds. The van der Waals surface area contributed by atoms with E-state index in [1.165, 1.54) is 11.8 Å². The average Bonchev–Trinajstić information content (AvgIpc) is 3.03. The summed E-state index contributed by atoms with van der Waals surface area (Å²) < 4.78 is 0. The lowest BCUT2D eigenvalue weighted by molar-refractivity contribution is -0.121. The molecule has 6 nitrogen and oxygen atoms in total. The second-order valence-corrected chi connectivity index (χ2v) is 7.94. The first-order valence-corrected chi connectivity index (χ1v) is 9.09. The lowest BCUT2D eigenvalue weighted by Gasteiger charge is -2.28. The zero-order valence-corrected chi connectivity index (χ0v) is 16.1. The zero-order chi connectivity index (χ0) is 18.6. The average molecular weight is 378 g/mol. The fourth-order valence-corrected chi connectivity index (χ4v) is 2.76. The van der Waals surface area contributed by atoms with E-state index in [0.717, 1.165) is 5.56 Å². The fraction of sp³-hybridized carbons (Fsp3) is 0.412. The molecule has 2 atom stereocenters. The maximum atomic E-state index is 12.4. The van der Waals surface area contributed by atoms with E-state index in [4.69, 9.17) is 11.6 Å². The number of aromatic amines is 1. The Morgan fingerprint density at radius 2 is 2.00 bits per heavy atom. The highest BCUT2D eigenvalue weighted by Crippen LogP contribution is 2.24. The SMILES string of the molecule is CC(Sc1n[nH]c(-c2ccc(Cl)cc2)n1)C(=O)NC(C)(C#N)C(C)C. The molecule has 0 saturated heterocycles. The van der Waals surface area contributed by atoms with Gasteiger partial charge in [-0.3, -0.25) is 9.89 Å². The first kappa shape index (κ1) is 19.3. The molecule has 0 saturated carbocycles. The Balaban J connectivity index is 2.04. The van der Waals surface area contributed by atoms with Gasteiger partial charge in [0, 0.05) is 10.6 Å². The summed E-state index contributed by atoms with van der Waals surface area (Å²) in [6.07, 6.45) is 0. The smallest absolute Gasteiger partial charge is 0.234 e. The van der Waals surface area contributed by atoms with E-state index in [1.807, 2.05) is 26.0 Å². The van der Waals surface area contributed by atoms with Crippen LogP contribution in [0.5, 0.6) is 0 Å². The van der Waals surface area contributed by atoms with E-state index in [9.17, 15) is 10.1 Å². The summed E-state index contributed by atoms with van der Waals surface area (Å²) in [4.78, 5) is 16.8. The zero-order valence-electron chi connectivity index (χ0n) is 14.5. The maximum Gasteiger partial charge on any atom is 0.234 e. The van der Waals surface area contributed by atoms with Gasteiger partial charge in [-0.15, -0.1) is 5.10 Å². The predicted molar refractivity (Wildman–Crippen MR) is 99.1 cm³/mol. The molecule has 0 radical (unpaired) electrons. The molecule has 25 heavy (non-hydrogen) atoms. The van der Waals surface area contributed by atoms with E-state index in [2.05, 4.69) is 26.6 Å². The summed E-state index contributed by atoms with van der Waals surface area (Å²) in [6.45, 7) is 7.28. The Labute approximate surface area is 156 Å². The van der Waals surface area contributed by atoms with Crippen LogP contribution in [0.2, 0.25) is 5.02 Å². The second kappa shape index (κ2) is 7.89. The molecule has 0 spiro atoms. The number of H-pyrrole nitrogens is 1. The van der Waals surface area contributed by atoms with Gasteiger partial charge in [-0.2, -0.15) is 5.26 Å². The van der Waals surface area contributed by atoms with Crippen molar-refractivity contribution in [3.8, 4) is 17.5 Å². The first-order valence-electron chi connectivity index (χ1n) is 7.83. The monoisotopic (exact) mass is 377 g/mol. The standard InChI is InChI=1S/C17H20ClN5OS/c1-10(2)17(4,9-19)21-15(24)11(3)25-16-20-14(22-23-16)12-5-7-13(18)8-6-12/h5-8,10-11H,1-4H3,(H,21,24)(H,20,22,23). The molecule has 0 aliphatic heterocycles. The van der Waals surface area contributed by atoms with Gasteiger partial charge in [-0.25, -0.2) is 4.98 Å². The number of aromatic nitrogens is 3. The van der Waals surface area contributed by atoms with Crippen molar-refractivity contribution in [2.45, 2.75) is 43.6 Å². The third-order valence-electron chi connectivity index (χ3n) is 4.00. The third-order valence-corrected chi connectivity index (χ3v) is 5.22. The van der Waals surface area contributed by atoms with Crippen LogP contribution in [0.4, 0.5) is 0 Å². The van der Waals surface area contributed by atoms with E-state index >= 15 is 0 Å². The van der Waals surface area contributed by atoms with Crippen LogP contribution >= 0.6 is 23.4 Å². The Hall–Kier alpha value is -2.04. The first-order chi connectivity index (χ1) is 11.7. The van der Waals surface area contributed by atoms with E-state index in [-0.39, 0.29) is 11.8 Å². The molecule has 8 heteroatoms. The molecule has 2 unspecified atom stereocenters. The summed E-state index contributed by atoms with van der Waals surface area (Å²) >= 11 is 7.11. The lowest BCUT2D eigenvalue weighted by Crippen LogP contribution is -2.51. The molecule has 2 rings (SSSR count). The van der Waals surface area contributed by atoms with Crippen LogP contribution < -0.4 is 5.32 Å². The quantitative estimate of drug-likeness (QED) is 0.749. The van der Waals surface area contributed by atoms with Crippen molar-refractivity contribution >= 4 is 29.3 Å². The molecule has 0 fully saturated rings. The van der Waals surface area contributed by atoms with Crippen LogP contribution in [0.25, 0.3) is 11.4 Å². The summed E-state index contributed by atoms with van der Waals surface area (Å²) in [7, 11) is 0. The normalized spacial score (nSPS) is 14.6. The number of halogens is 1. The highest BCUT2D eigenvalue weighted by molar-refractivity contribution is 8.00. The predicted octanol–water partition coefficient (Wildman–Crippen LogP) is 3.66. The number of nitrogens with zero attached hydrogens (tertiary/aromatic N) is 3. The summed E-state index contributed by atoms with van der Waals surface area (Å²) in [5, 5.41) is 19.8. The summed E-state index contributed by atoms with van der Waals surface area (Å²) in [5.74, 6) is 0.384. The van der Waals surface area contributed by atoms with Gasteiger partial charge in [-0.05, 0) is 44.0 Å². The van der Waals surface area contributed by atoms with Gasteiger partial charge in [0.15, 0.2) is 5.82 Å². The van der Waals surface area contributed by atoms with Crippen molar-refractivity contribution in [2.75, 3.05) is 0 Å². The minimum atomic E-state index is -0.903. The van der Waals surface area contributed by atoms with Crippen molar-refractivity contribution in [1.29, 1.82) is 5.26 Å². The molecule has 1 aromatic carbocycles. The minimum Gasteiger partial charge on any atom is -0.337 e. The Bertz CT molecular complexity index is 783. The Kier molecular flexibility index (Phi) is 6.09. The second-order valence-electron chi connectivity index (χ2n) is 6.19. The molecular weight excluding hydrogens is 358 g/mol. The fourth-order valence-electron chi connectivity index (χ4n) is 1.91. The molecule has 0 aliphatic carbocycles. The Morgan fingerprint density at radius 1 is 1.36 bits per heavy atom. The Morgan fingerprint density at radius 3 is 2.56 bits per heavy atom. The molecule has 0 aliphatic rings. The molecular formula is C17H20ClN5OS. The molecule has 1 heterocycles. The van der Waals surface area contributed by atoms with Crippen molar-refractivity contribution < 1.29 is 4.79 Å². The number of nitriles is 1. The molecule has 0 bridgehead atoms.